The zero-order valence-electron chi connectivity index (χ0n) is 36.0. The number of carbonyl (C=O) groups excluding carboxylic acids is 4. The zero-order chi connectivity index (χ0) is 42.2. The Morgan fingerprint density at radius 1 is 0.895 bits per heavy atom. The van der Waals surface area contributed by atoms with Crippen molar-refractivity contribution in [2.75, 3.05) is 27.9 Å². The SMILES string of the molecule is CCC[C@@H]1/C=C(\C)C[C@H](C)C[C@H](OC)[C@H]2O[C@@](O)(C(=O)C(=O)N3CCCC[C@H]3C(=O)O[C@H](C(C)C[C@@H]3CC[C@@H](O)[C@H](OC)C3)[C@H](C)[C@@H](O)CC1=O)[C@H](C)C[C@@H]2OC. The number of methoxy groups -OCH3 is 3. The van der Waals surface area contributed by atoms with Crippen LogP contribution in [0.15, 0.2) is 11.6 Å². The number of cyclic esters (lactones) is 1. The highest BCUT2D eigenvalue weighted by Gasteiger charge is 2.56. The van der Waals surface area contributed by atoms with Gasteiger partial charge in [0.25, 0.3) is 11.7 Å². The molecule has 1 amide bonds. The van der Waals surface area contributed by atoms with Crippen molar-refractivity contribution in [3.63, 3.8) is 0 Å². The lowest BCUT2D eigenvalue weighted by Gasteiger charge is -2.47. The van der Waals surface area contributed by atoms with Crippen LogP contribution in [-0.4, -0.2) is 126 Å². The third-order valence-corrected chi connectivity index (χ3v) is 13.5. The Balaban J connectivity index is 1.74. The molecule has 4 aliphatic rings. The molecule has 0 aromatic heterocycles. The number of ketones is 2. The summed E-state index contributed by atoms with van der Waals surface area (Å²) in [6.45, 7) is 11.6. The van der Waals surface area contributed by atoms with Crippen LogP contribution in [0.5, 0.6) is 0 Å². The van der Waals surface area contributed by atoms with E-state index >= 15 is 0 Å². The third kappa shape index (κ3) is 11.5. The van der Waals surface area contributed by atoms with Crippen molar-refractivity contribution in [2.45, 2.75) is 180 Å². The maximum Gasteiger partial charge on any atom is 0.329 e. The molecule has 13 nitrogen and oxygen atoms in total. The largest absolute Gasteiger partial charge is 0.460 e. The van der Waals surface area contributed by atoms with Crippen LogP contribution >= 0.6 is 0 Å². The summed E-state index contributed by atoms with van der Waals surface area (Å²) in [7, 11) is 4.66. The van der Waals surface area contributed by atoms with Gasteiger partial charge in [-0.3, -0.25) is 14.4 Å². The van der Waals surface area contributed by atoms with Crippen LogP contribution in [0.1, 0.15) is 125 Å². The first-order valence-electron chi connectivity index (χ1n) is 21.6. The van der Waals surface area contributed by atoms with Crippen molar-refractivity contribution < 1.29 is 58.2 Å². The van der Waals surface area contributed by atoms with Gasteiger partial charge in [0.15, 0.2) is 0 Å². The van der Waals surface area contributed by atoms with E-state index in [0.29, 0.717) is 51.4 Å². The number of esters is 1. The normalized spacial score (nSPS) is 41.3. The molecule has 15 atom stereocenters. The Labute approximate surface area is 340 Å². The van der Waals surface area contributed by atoms with E-state index in [1.165, 1.54) is 19.1 Å². The molecule has 3 fully saturated rings. The molecule has 4 rings (SSSR count). The molecular formula is C44H73NO12. The molecule has 1 unspecified atom stereocenters. The summed E-state index contributed by atoms with van der Waals surface area (Å²) < 4.78 is 29.9. The van der Waals surface area contributed by atoms with E-state index in [2.05, 4.69) is 6.92 Å². The fourth-order valence-electron chi connectivity index (χ4n) is 10.1. The lowest BCUT2D eigenvalue weighted by atomic mass is 9.76. The molecule has 2 saturated heterocycles. The number of aliphatic hydroxyl groups excluding tert-OH is 2. The number of amides is 1. The van der Waals surface area contributed by atoms with Crippen LogP contribution in [-0.2, 0) is 42.9 Å². The molecule has 13 heteroatoms. The summed E-state index contributed by atoms with van der Waals surface area (Å²) in [6, 6.07) is -1.10. The molecule has 0 aromatic rings. The summed E-state index contributed by atoms with van der Waals surface area (Å²) >= 11 is 0. The monoisotopic (exact) mass is 808 g/mol. The van der Waals surface area contributed by atoms with Gasteiger partial charge in [-0.1, -0.05) is 52.7 Å². The molecule has 3 aliphatic heterocycles. The van der Waals surface area contributed by atoms with Crippen LogP contribution < -0.4 is 0 Å². The number of ether oxygens (including phenoxy) is 5. The summed E-state index contributed by atoms with van der Waals surface area (Å²) in [5.74, 6) is -7.38. The van der Waals surface area contributed by atoms with Gasteiger partial charge in [-0.05, 0) is 95.3 Å². The van der Waals surface area contributed by atoms with Gasteiger partial charge in [-0.15, -0.1) is 0 Å². The van der Waals surface area contributed by atoms with E-state index in [1.54, 1.807) is 21.0 Å². The van der Waals surface area contributed by atoms with Gasteiger partial charge in [-0.2, -0.15) is 0 Å². The summed E-state index contributed by atoms with van der Waals surface area (Å²) in [4.78, 5) is 58.0. The molecule has 0 radical (unpaired) electrons. The third-order valence-electron chi connectivity index (χ3n) is 13.5. The number of rotatable bonds is 8. The Hall–Kier alpha value is -2.26. The van der Waals surface area contributed by atoms with E-state index in [-0.39, 0.29) is 55.4 Å². The van der Waals surface area contributed by atoms with Gasteiger partial charge in [0, 0.05) is 52.0 Å². The molecule has 57 heavy (non-hydrogen) atoms. The van der Waals surface area contributed by atoms with E-state index in [9.17, 15) is 34.5 Å². The Morgan fingerprint density at radius 2 is 1.56 bits per heavy atom. The summed E-state index contributed by atoms with van der Waals surface area (Å²) in [6.07, 6.45) is 3.82. The van der Waals surface area contributed by atoms with Crippen LogP contribution in [0, 0.1) is 35.5 Å². The molecule has 1 aliphatic carbocycles. The fraction of sp³-hybridized carbons (Fsp3) is 0.864. The maximum atomic E-state index is 14.3. The molecule has 3 N–H and O–H groups in total. The predicted octanol–water partition coefficient (Wildman–Crippen LogP) is 4.94. The van der Waals surface area contributed by atoms with E-state index in [4.69, 9.17) is 23.7 Å². The van der Waals surface area contributed by atoms with Crippen LogP contribution in [0.2, 0.25) is 0 Å². The summed E-state index contributed by atoms with van der Waals surface area (Å²) in [5.41, 5.74) is 1.01. The van der Waals surface area contributed by atoms with E-state index in [1.807, 2.05) is 26.8 Å². The minimum Gasteiger partial charge on any atom is -0.460 e. The first-order valence-corrected chi connectivity index (χ1v) is 21.6. The number of allylic oxidation sites excluding steroid dienone is 2. The smallest absolute Gasteiger partial charge is 0.329 e. The highest BCUT2D eigenvalue weighted by Crippen LogP contribution is 2.40. The van der Waals surface area contributed by atoms with Gasteiger partial charge in [0.05, 0.1) is 30.5 Å². The van der Waals surface area contributed by atoms with Gasteiger partial charge in [0.2, 0.25) is 5.79 Å². The Kier molecular flexibility index (Phi) is 17.7. The Bertz CT molecular complexity index is 1390. The van der Waals surface area contributed by atoms with Gasteiger partial charge >= 0.3 is 5.97 Å². The number of hydrogen-bond donors (Lipinski definition) is 3. The number of carbonyl (C=O) groups is 4. The molecule has 0 spiro atoms. The number of nitrogens with zero attached hydrogens (tertiary/aromatic N) is 1. The number of piperidine rings is 1. The van der Waals surface area contributed by atoms with Crippen molar-refractivity contribution in [2.24, 2.45) is 35.5 Å². The first-order chi connectivity index (χ1) is 27.0. The number of aliphatic hydroxyl groups is 3. The van der Waals surface area contributed by atoms with Crippen molar-refractivity contribution in [3.05, 3.63) is 11.6 Å². The van der Waals surface area contributed by atoms with Crippen LogP contribution in [0.3, 0.4) is 0 Å². The number of fused-ring (bicyclic) bond motifs is 3. The van der Waals surface area contributed by atoms with Crippen molar-refractivity contribution >= 4 is 23.4 Å². The van der Waals surface area contributed by atoms with Crippen molar-refractivity contribution in [1.29, 1.82) is 0 Å². The fourth-order valence-corrected chi connectivity index (χ4v) is 10.1. The molecule has 0 aromatic carbocycles. The number of Topliss-reactive ketones (excluding diaryl/α,β-unsaturated/α-hetero) is 2. The molecule has 1 saturated carbocycles. The highest BCUT2D eigenvalue weighted by atomic mass is 16.7. The van der Waals surface area contributed by atoms with Crippen LogP contribution in [0.25, 0.3) is 0 Å². The second kappa shape index (κ2) is 21.3. The van der Waals surface area contributed by atoms with E-state index < -0.39 is 83.9 Å². The topological polar surface area (TPSA) is 178 Å². The van der Waals surface area contributed by atoms with E-state index in [0.717, 1.165) is 18.4 Å². The predicted molar refractivity (Wildman–Crippen MR) is 213 cm³/mol. The minimum absolute atomic E-state index is 0.0419. The quantitative estimate of drug-likeness (QED) is 0.171. The molecular weight excluding hydrogens is 734 g/mol. The average Bonchev–Trinajstić information content (AvgIpc) is 3.18. The molecule has 3 heterocycles. The number of hydrogen-bond acceptors (Lipinski definition) is 12. The second-order valence-electron chi connectivity index (χ2n) is 18.0. The Morgan fingerprint density at radius 3 is 2.21 bits per heavy atom. The maximum absolute atomic E-state index is 14.3. The van der Waals surface area contributed by atoms with Gasteiger partial charge in [0.1, 0.15) is 24.0 Å². The van der Waals surface area contributed by atoms with Crippen molar-refractivity contribution in [3.8, 4) is 0 Å². The first kappa shape index (κ1) is 47.4. The lowest BCUT2D eigenvalue weighted by molar-refractivity contribution is -0.302. The second-order valence-corrected chi connectivity index (χ2v) is 18.0. The standard InChI is InChI=1S/C44H73NO12/c1-10-13-31-19-25(2)18-26(3)20-37(54-8)40-38(55-9)22-28(5)44(52,57-40)41(49)42(50)45-17-12-11-14-32(45)43(51)56-39(29(6)34(47)24-35(31)48)27(4)21-30-15-16-33(46)36(23-30)53-7/h19,26-34,36-40,46-47,52H,10-18,20-24H2,1-9H3/b25-19+/t26-,27?,28+,29+,30-,31+,32-,33+,34-,36+,37-,38-,39+,40+,44+/m0/s1. The molecule has 326 valence electrons. The van der Waals surface area contributed by atoms with Crippen LogP contribution in [0.4, 0.5) is 0 Å². The zero-order valence-corrected chi connectivity index (χ0v) is 36.0. The summed E-state index contributed by atoms with van der Waals surface area (Å²) in [5, 5.41) is 34.2. The lowest BCUT2D eigenvalue weighted by Crippen LogP contribution is -2.64. The molecule has 2 bridgehead atoms. The van der Waals surface area contributed by atoms with Gasteiger partial charge in [-0.25, -0.2) is 4.79 Å². The minimum atomic E-state index is -2.49. The average molecular weight is 808 g/mol. The van der Waals surface area contributed by atoms with Crippen molar-refractivity contribution in [1.82, 2.24) is 4.90 Å². The highest BCUT2D eigenvalue weighted by molar-refractivity contribution is 6.39. The van der Waals surface area contributed by atoms with Gasteiger partial charge < -0.3 is 43.9 Å².